The minimum Gasteiger partial charge on any atom is -0.327 e. The quantitative estimate of drug-likeness (QED) is 0.551. The Labute approximate surface area is 69.5 Å². The van der Waals surface area contributed by atoms with E-state index in [4.69, 9.17) is 5.73 Å². The van der Waals surface area contributed by atoms with Gasteiger partial charge in [-0.1, -0.05) is 20.3 Å². The van der Waals surface area contributed by atoms with E-state index in [-0.39, 0.29) is 0 Å². The Bertz CT molecular complexity index is 117. The molecule has 2 fully saturated rings. The van der Waals surface area contributed by atoms with E-state index in [1.807, 2.05) is 0 Å². The molecule has 1 saturated carbocycles. The first kappa shape index (κ1) is 9.01. The van der Waals surface area contributed by atoms with E-state index in [2.05, 4.69) is 19.2 Å². The molecule has 1 spiro atoms. The largest absolute Gasteiger partial charge is 0.327 e. The lowest BCUT2D eigenvalue weighted by atomic mass is 10.1. The van der Waals surface area contributed by atoms with Crippen LogP contribution in [0.2, 0.25) is 0 Å². The second kappa shape index (κ2) is 3.55. The Kier molecular flexibility index (Phi) is 2.90. The number of hydrogen-bond acceptors (Lipinski definition) is 2. The third-order valence-electron chi connectivity index (χ3n) is 2.53. The van der Waals surface area contributed by atoms with Gasteiger partial charge in [0.2, 0.25) is 0 Å². The van der Waals surface area contributed by atoms with Crippen molar-refractivity contribution >= 4 is 0 Å². The third-order valence-corrected chi connectivity index (χ3v) is 2.53. The number of nitrogens with one attached hydrogen (secondary N) is 1. The summed E-state index contributed by atoms with van der Waals surface area (Å²) in [7, 11) is 0. The lowest BCUT2D eigenvalue weighted by molar-refractivity contribution is 0.547. The van der Waals surface area contributed by atoms with Crippen LogP contribution in [-0.2, 0) is 0 Å². The van der Waals surface area contributed by atoms with E-state index in [1.165, 1.54) is 32.4 Å². The molecule has 1 aliphatic carbocycles. The molecular formula is C9H20N2. The van der Waals surface area contributed by atoms with Crippen molar-refractivity contribution in [3.8, 4) is 0 Å². The van der Waals surface area contributed by atoms with E-state index < -0.39 is 0 Å². The summed E-state index contributed by atoms with van der Waals surface area (Å²) in [5, 5.41) is 3.33. The Hall–Kier alpha value is -0.0800. The Balaban J connectivity index is 0.000000179. The first-order valence-electron chi connectivity index (χ1n) is 4.71. The first-order chi connectivity index (χ1) is 5.25. The molecule has 11 heavy (non-hydrogen) atoms. The first-order valence-corrected chi connectivity index (χ1v) is 4.71. The second-order valence-corrected chi connectivity index (χ2v) is 3.81. The Morgan fingerprint density at radius 3 is 2.27 bits per heavy atom. The predicted molar refractivity (Wildman–Crippen MR) is 48.5 cm³/mol. The predicted octanol–water partition coefficient (Wildman–Crippen LogP) is 1.11. The van der Waals surface area contributed by atoms with Crippen molar-refractivity contribution < 1.29 is 0 Å². The van der Waals surface area contributed by atoms with Gasteiger partial charge in [0.05, 0.1) is 0 Å². The van der Waals surface area contributed by atoms with Crippen LogP contribution >= 0.6 is 0 Å². The van der Waals surface area contributed by atoms with E-state index >= 15 is 0 Å². The summed E-state index contributed by atoms with van der Waals surface area (Å²) in [5.74, 6) is 0. The molecule has 2 heteroatoms. The van der Waals surface area contributed by atoms with Crippen molar-refractivity contribution in [2.75, 3.05) is 13.1 Å². The fourth-order valence-electron chi connectivity index (χ4n) is 1.63. The van der Waals surface area contributed by atoms with Gasteiger partial charge >= 0.3 is 0 Å². The van der Waals surface area contributed by atoms with Gasteiger partial charge in [-0.2, -0.15) is 0 Å². The maximum Gasteiger partial charge on any atom is 0.0115 e. The van der Waals surface area contributed by atoms with Crippen molar-refractivity contribution in [1.82, 2.24) is 5.32 Å². The van der Waals surface area contributed by atoms with Gasteiger partial charge in [0.25, 0.3) is 0 Å². The molecule has 0 bridgehead atoms. The summed E-state index contributed by atoms with van der Waals surface area (Å²) in [6.07, 6.45) is 3.83. The minimum absolute atomic E-state index is 0.525. The Morgan fingerprint density at radius 1 is 1.55 bits per heavy atom. The zero-order valence-electron chi connectivity index (χ0n) is 7.69. The zero-order valence-corrected chi connectivity index (χ0v) is 7.69. The fraction of sp³-hybridized carbons (Fsp3) is 1.00. The molecule has 1 heterocycles. The van der Waals surface area contributed by atoms with Gasteiger partial charge in [-0.15, -0.1) is 0 Å². The molecule has 2 aliphatic rings. The topological polar surface area (TPSA) is 38.0 Å². The molecule has 0 unspecified atom stereocenters. The smallest absolute Gasteiger partial charge is 0.0115 e. The summed E-state index contributed by atoms with van der Waals surface area (Å²) in [5.41, 5.74) is 6.29. The summed E-state index contributed by atoms with van der Waals surface area (Å²) >= 11 is 0. The van der Waals surface area contributed by atoms with Crippen molar-refractivity contribution in [3.05, 3.63) is 0 Å². The van der Waals surface area contributed by atoms with Crippen LogP contribution in [0.3, 0.4) is 0 Å². The molecular weight excluding hydrogens is 136 g/mol. The number of hydrogen-bond donors (Lipinski definition) is 2. The maximum atomic E-state index is 5.72. The molecule has 0 amide bonds. The molecule has 2 rings (SSSR count). The molecule has 0 radical (unpaired) electrons. The van der Waals surface area contributed by atoms with Crippen LogP contribution in [0.15, 0.2) is 0 Å². The standard InChI is InChI=1S/C6H12N2.C3H8/c7-5-3-6(5)1-2-8-4-6;1-3-2/h5,8H,1-4,7H2;3H2,1-2H3/t5-,6-;/m0./s1. The van der Waals surface area contributed by atoms with Gasteiger partial charge in [0.15, 0.2) is 0 Å². The summed E-state index contributed by atoms with van der Waals surface area (Å²) in [6.45, 7) is 6.61. The SMILES string of the molecule is CCC.N[C@H]1C[C@]12CCNC2. The molecule has 2 nitrogen and oxygen atoms in total. The number of nitrogens with two attached hydrogens (primary N) is 1. The molecule has 3 N–H and O–H groups in total. The van der Waals surface area contributed by atoms with E-state index in [1.54, 1.807) is 0 Å². The van der Waals surface area contributed by atoms with E-state index in [0.717, 1.165) is 0 Å². The highest BCUT2D eigenvalue weighted by atomic mass is 15.0. The monoisotopic (exact) mass is 156 g/mol. The highest BCUT2D eigenvalue weighted by Gasteiger charge is 2.52. The molecule has 0 aromatic rings. The summed E-state index contributed by atoms with van der Waals surface area (Å²) in [4.78, 5) is 0. The highest BCUT2D eigenvalue weighted by molar-refractivity contribution is 5.10. The lowest BCUT2D eigenvalue weighted by Gasteiger charge is -2.00. The van der Waals surface area contributed by atoms with E-state index in [0.29, 0.717) is 11.5 Å². The van der Waals surface area contributed by atoms with Crippen LogP contribution in [0, 0.1) is 5.41 Å². The fourth-order valence-corrected chi connectivity index (χ4v) is 1.63. The van der Waals surface area contributed by atoms with Crippen LogP contribution in [-0.4, -0.2) is 19.1 Å². The van der Waals surface area contributed by atoms with Crippen molar-refractivity contribution in [2.24, 2.45) is 11.1 Å². The summed E-state index contributed by atoms with van der Waals surface area (Å²) < 4.78 is 0. The van der Waals surface area contributed by atoms with Crippen LogP contribution < -0.4 is 11.1 Å². The molecule has 66 valence electrons. The van der Waals surface area contributed by atoms with Crippen molar-refractivity contribution in [1.29, 1.82) is 0 Å². The minimum atomic E-state index is 0.525. The van der Waals surface area contributed by atoms with Crippen LogP contribution in [0.25, 0.3) is 0 Å². The molecule has 2 atom stereocenters. The van der Waals surface area contributed by atoms with Crippen molar-refractivity contribution in [2.45, 2.75) is 39.2 Å². The highest BCUT2D eigenvalue weighted by Crippen LogP contribution is 2.48. The summed E-state index contributed by atoms with van der Waals surface area (Å²) in [6, 6.07) is 0.525. The average molecular weight is 156 g/mol. The van der Waals surface area contributed by atoms with Gasteiger partial charge in [-0.3, -0.25) is 0 Å². The van der Waals surface area contributed by atoms with Crippen molar-refractivity contribution in [3.63, 3.8) is 0 Å². The third kappa shape index (κ3) is 1.94. The van der Waals surface area contributed by atoms with Crippen LogP contribution in [0.5, 0.6) is 0 Å². The zero-order chi connectivity index (χ0) is 8.32. The molecule has 1 aliphatic heterocycles. The van der Waals surface area contributed by atoms with Crippen LogP contribution in [0.1, 0.15) is 33.1 Å². The maximum absolute atomic E-state index is 5.72. The number of rotatable bonds is 0. The van der Waals surface area contributed by atoms with Gasteiger partial charge in [0.1, 0.15) is 0 Å². The molecule has 1 saturated heterocycles. The van der Waals surface area contributed by atoms with Gasteiger partial charge < -0.3 is 11.1 Å². The van der Waals surface area contributed by atoms with Crippen LogP contribution in [0.4, 0.5) is 0 Å². The normalized spacial score (nSPS) is 40.1. The lowest BCUT2D eigenvalue weighted by Crippen LogP contribution is -2.16. The Morgan fingerprint density at radius 2 is 2.09 bits per heavy atom. The van der Waals surface area contributed by atoms with Gasteiger partial charge in [-0.25, -0.2) is 0 Å². The van der Waals surface area contributed by atoms with E-state index in [9.17, 15) is 0 Å². The second-order valence-electron chi connectivity index (χ2n) is 3.81. The molecule has 0 aromatic heterocycles. The van der Waals surface area contributed by atoms with Gasteiger partial charge in [-0.05, 0) is 19.4 Å². The molecule has 0 aromatic carbocycles. The average Bonchev–Trinajstić information content (AvgIpc) is 2.46. The van der Waals surface area contributed by atoms with Gasteiger partial charge in [0, 0.05) is 18.0 Å².